The second kappa shape index (κ2) is 12.5. The molecule has 0 unspecified atom stereocenters. The van der Waals surface area contributed by atoms with Crippen LogP contribution in [-0.2, 0) is 21.3 Å². The molecule has 1 aliphatic heterocycles. The highest BCUT2D eigenvalue weighted by Gasteiger charge is 2.23. The summed E-state index contributed by atoms with van der Waals surface area (Å²) in [6, 6.07) is 11.5. The molecule has 9 nitrogen and oxygen atoms in total. The number of nitrogens with one attached hydrogen (secondary N) is 2. The molecule has 44 heavy (non-hydrogen) atoms. The number of hydrogen-bond donors (Lipinski definition) is 2. The highest BCUT2D eigenvalue weighted by molar-refractivity contribution is 7.89. The molecule has 0 aliphatic carbocycles. The van der Waals surface area contributed by atoms with Crippen molar-refractivity contribution in [2.45, 2.75) is 44.0 Å². The molecule has 3 aromatic heterocycles. The Morgan fingerprint density at radius 2 is 1.86 bits per heavy atom. The van der Waals surface area contributed by atoms with E-state index in [0.29, 0.717) is 58.9 Å². The summed E-state index contributed by atoms with van der Waals surface area (Å²) in [5.41, 5.74) is 2.39. The van der Waals surface area contributed by atoms with E-state index in [9.17, 15) is 12.8 Å². The maximum Gasteiger partial charge on any atom is 0.228 e. The van der Waals surface area contributed by atoms with Crippen LogP contribution in [0.15, 0.2) is 60.2 Å². The molecule has 2 N–H and O–H groups in total. The lowest BCUT2D eigenvalue weighted by atomic mass is 10.0. The molecule has 0 bridgehead atoms. The van der Waals surface area contributed by atoms with Gasteiger partial charge in [-0.2, -0.15) is 0 Å². The van der Waals surface area contributed by atoms with Crippen LogP contribution in [0.3, 0.4) is 0 Å². The van der Waals surface area contributed by atoms with E-state index in [1.54, 1.807) is 55.0 Å². The first-order valence-corrected chi connectivity index (χ1v) is 16.7. The van der Waals surface area contributed by atoms with Gasteiger partial charge in [0.25, 0.3) is 0 Å². The van der Waals surface area contributed by atoms with E-state index in [-0.39, 0.29) is 23.2 Å². The van der Waals surface area contributed by atoms with E-state index in [4.69, 9.17) is 4.74 Å². The summed E-state index contributed by atoms with van der Waals surface area (Å²) in [6.07, 6.45) is 2.61. The lowest BCUT2D eigenvalue weighted by Gasteiger charge is -2.26. The fourth-order valence-corrected chi connectivity index (χ4v) is 7.45. The van der Waals surface area contributed by atoms with E-state index in [1.807, 2.05) is 13.0 Å². The number of halogens is 2. The average Bonchev–Trinajstić information content (AvgIpc) is 3.39. The van der Waals surface area contributed by atoms with Gasteiger partial charge in [0, 0.05) is 54.3 Å². The van der Waals surface area contributed by atoms with Crippen LogP contribution in [0.5, 0.6) is 11.6 Å². The van der Waals surface area contributed by atoms with Gasteiger partial charge in [0.05, 0.1) is 33.5 Å². The molecule has 5 aromatic rings. The third-order valence-electron chi connectivity index (χ3n) is 7.33. The number of benzene rings is 2. The minimum Gasteiger partial charge on any atom is -0.437 e. The van der Waals surface area contributed by atoms with E-state index < -0.39 is 27.6 Å². The maximum absolute atomic E-state index is 15.2. The normalized spacial score (nSPS) is 17.1. The summed E-state index contributed by atoms with van der Waals surface area (Å²) >= 11 is 1.37. The Morgan fingerprint density at radius 1 is 1.02 bits per heavy atom. The summed E-state index contributed by atoms with van der Waals surface area (Å²) < 4.78 is 61.7. The predicted molar refractivity (Wildman–Crippen MR) is 167 cm³/mol. The Balaban J connectivity index is 1.32. The Labute approximate surface area is 257 Å². The zero-order chi connectivity index (χ0) is 30.8. The van der Waals surface area contributed by atoms with Crippen LogP contribution in [0.1, 0.15) is 28.2 Å². The summed E-state index contributed by atoms with van der Waals surface area (Å²) in [7, 11) is -3.72. The lowest BCUT2D eigenvalue weighted by Crippen LogP contribution is -2.44. The SMILES string of the molecule is Cc1nc(CS(=O)(=O)Cc2c(F)ccc3c(Oc4ncccc4-c4ccnc(N[C@H]5CNC[C@H](F)C5)n4)c(C)ccc23)cs1. The highest BCUT2D eigenvalue weighted by atomic mass is 32.2. The Kier molecular flexibility index (Phi) is 8.52. The van der Waals surface area contributed by atoms with E-state index in [0.717, 1.165) is 10.6 Å². The Hall–Kier alpha value is -4.07. The zero-order valence-electron chi connectivity index (χ0n) is 24.0. The van der Waals surface area contributed by atoms with Crippen LogP contribution in [0.4, 0.5) is 14.7 Å². The molecule has 2 aromatic carbocycles. The topological polar surface area (TPSA) is 119 Å². The molecule has 4 heterocycles. The van der Waals surface area contributed by atoms with Gasteiger partial charge in [-0.1, -0.05) is 12.1 Å². The average molecular weight is 637 g/mol. The summed E-state index contributed by atoms with van der Waals surface area (Å²) in [5.74, 6) is -0.341. The highest BCUT2D eigenvalue weighted by Crippen LogP contribution is 2.38. The number of pyridine rings is 1. The van der Waals surface area contributed by atoms with Crippen molar-refractivity contribution < 1.29 is 21.9 Å². The molecule has 1 saturated heterocycles. The van der Waals surface area contributed by atoms with Crippen molar-refractivity contribution in [1.82, 2.24) is 25.3 Å². The van der Waals surface area contributed by atoms with Crippen LogP contribution in [-0.4, -0.2) is 53.7 Å². The number of aromatic nitrogens is 4. The number of ether oxygens (including phenoxy) is 1. The van der Waals surface area contributed by atoms with Crippen LogP contribution < -0.4 is 15.4 Å². The number of thiazole rings is 1. The van der Waals surface area contributed by atoms with Crippen LogP contribution in [0.2, 0.25) is 0 Å². The van der Waals surface area contributed by atoms with Crippen molar-refractivity contribution in [2.75, 3.05) is 18.4 Å². The molecule has 0 spiro atoms. The number of nitrogens with zero attached hydrogens (tertiary/aromatic N) is 4. The fraction of sp³-hybridized carbons (Fsp3) is 0.290. The minimum atomic E-state index is -3.72. The lowest BCUT2D eigenvalue weighted by molar-refractivity contribution is 0.254. The Morgan fingerprint density at radius 3 is 2.66 bits per heavy atom. The largest absolute Gasteiger partial charge is 0.437 e. The van der Waals surface area contributed by atoms with Crippen LogP contribution >= 0.6 is 11.3 Å². The monoisotopic (exact) mass is 636 g/mol. The number of rotatable bonds is 9. The molecular weight excluding hydrogens is 607 g/mol. The van der Waals surface area contributed by atoms with Gasteiger partial charge in [-0.25, -0.2) is 37.1 Å². The standard InChI is InChI=1S/C31H30F2N6O3S2/c1-18-5-6-23-24(7-8-27(33)26(23)17-44(40,41)16-22-15-43-19(2)37-22)29(18)42-30-25(4-3-10-35-30)28-9-11-36-31(39-28)38-21-12-20(32)13-34-14-21/h3-11,15,20-21,34H,12-14,16-17H2,1-2H3,(H,36,38,39)/t20-,21-/m1/s1. The molecule has 0 saturated carbocycles. The number of aryl methyl sites for hydroxylation is 2. The van der Waals surface area contributed by atoms with Crippen LogP contribution in [0, 0.1) is 19.7 Å². The number of sulfone groups is 1. The van der Waals surface area contributed by atoms with Crippen molar-refractivity contribution in [3.63, 3.8) is 0 Å². The summed E-state index contributed by atoms with van der Waals surface area (Å²) in [6.45, 7) is 4.59. The van der Waals surface area contributed by atoms with Gasteiger partial charge in [0.1, 0.15) is 17.7 Å². The van der Waals surface area contributed by atoms with Gasteiger partial charge in [0.2, 0.25) is 11.8 Å². The minimum absolute atomic E-state index is 0.0692. The van der Waals surface area contributed by atoms with Crippen molar-refractivity contribution >= 4 is 37.9 Å². The first-order valence-electron chi connectivity index (χ1n) is 14.0. The molecule has 2 atom stereocenters. The van der Waals surface area contributed by atoms with Gasteiger partial charge in [-0.15, -0.1) is 11.3 Å². The van der Waals surface area contributed by atoms with Gasteiger partial charge in [-0.05, 0) is 55.1 Å². The summed E-state index contributed by atoms with van der Waals surface area (Å²) in [4.78, 5) is 17.7. The van der Waals surface area contributed by atoms with Crippen molar-refractivity contribution in [3.05, 3.63) is 87.9 Å². The van der Waals surface area contributed by atoms with Crippen LogP contribution in [0.25, 0.3) is 22.0 Å². The molecule has 228 valence electrons. The second-order valence-corrected chi connectivity index (χ2v) is 13.9. The Bertz CT molecular complexity index is 1940. The number of fused-ring (bicyclic) bond motifs is 1. The molecular formula is C31H30F2N6O3S2. The van der Waals surface area contributed by atoms with E-state index in [2.05, 4.69) is 30.6 Å². The van der Waals surface area contributed by atoms with Crippen molar-refractivity contribution in [3.8, 4) is 22.9 Å². The molecule has 6 rings (SSSR count). The smallest absolute Gasteiger partial charge is 0.228 e. The summed E-state index contributed by atoms with van der Waals surface area (Å²) in [5, 5.41) is 9.71. The van der Waals surface area contributed by atoms with Gasteiger partial charge in [-0.3, -0.25) is 0 Å². The zero-order valence-corrected chi connectivity index (χ0v) is 25.7. The molecule has 1 fully saturated rings. The van der Waals surface area contributed by atoms with E-state index >= 15 is 4.39 Å². The fourth-order valence-electron chi connectivity index (χ4n) is 5.30. The number of alkyl halides is 1. The van der Waals surface area contributed by atoms with Crippen molar-refractivity contribution in [2.24, 2.45) is 0 Å². The molecule has 0 radical (unpaired) electrons. The predicted octanol–water partition coefficient (Wildman–Crippen LogP) is 5.92. The second-order valence-electron chi connectivity index (χ2n) is 10.8. The van der Waals surface area contributed by atoms with Crippen molar-refractivity contribution in [1.29, 1.82) is 0 Å². The number of anilines is 1. The van der Waals surface area contributed by atoms with Gasteiger partial charge in [0.15, 0.2) is 9.84 Å². The molecule has 0 amide bonds. The van der Waals surface area contributed by atoms with Gasteiger partial charge >= 0.3 is 0 Å². The third kappa shape index (κ3) is 6.69. The van der Waals surface area contributed by atoms with E-state index in [1.165, 1.54) is 17.4 Å². The number of piperidine rings is 1. The first-order chi connectivity index (χ1) is 21.1. The third-order valence-corrected chi connectivity index (χ3v) is 9.62. The number of hydrogen-bond acceptors (Lipinski definition) is 10. The molecule has 1 aliphatic rings. The maximum atomic E-state index is 15.2. The first kappa shape index (κ1) is 30.0. The van der Waals surface area contributed by atoms with Gasteiger partial charge < -0.3 is 15.4 Å². The molecule has 13 heteroatoms. The quantitative estimate of drug-likeness (QED) is 0.203.